The highest BCUT2D eigenvalue weighted by molar-refractivity contribution is 5.83. The second-order valence-corrected chi connectivity index (χ2v) is 6.39. The summed E-state index contributed by atoms with van der Waals surface area (Å²) in [5.41, 5.74) is -0.398. The monoisotopic (exact) mass is 284 g/mol. The van der Waals surface area contributed by atoms with Gasteiger partial charge in [0, 0.05) is 13.2 Å². The van der Waals surface area contributed by atoms with Gasteiger partial charge >= 0.3 is 12.0 Å². The predicted molar refractivity (Wildman–Crippen MR) is 73.5 cm³/mol. The fraction of sp³-hybridized carbons (Fsp3) is 0.857. The number of carboxylic acid groups (broad SMARTS) is 1. The first kappa shape index (κ1) is 15.1. The van der Waals surface area contributed by atoms with Crippen molar-refractivity contribution >= 4 is 12.0 Å². The molecule has 2 saturated heterocycles. The lowest BCUT2D eigenvalue weighted by atomic mass is 9.76. The molecule has 6 nitrogen and oxygen atoms in total. The Balaban J connectivity index is 2.04. The molecule has 20 heavy (non-hydrogen) atoms. The van der Waals surface area contributed by atoms with E-state index in [0.717, 1.165) is 32.3 Å². The third-order valence-corrected chi connectivity index (χ3v) is 4.25. The van der Waals surface area contributed by atoms with Crippen LogP contribution in [0.2, 0.25) is 0 Å². The summed E-state index contributed by atoms with van der Waals surface area (Å²) >= 11 is 0. The largest absolute Gasteiger partial charge is 0.480 e. The first-order chi connectivity index (χ1) is 9.42. The molecule has 0 aliphatic carbocycles. The molecule has 0 aromatic rings. The maximum atomic E-state index is 12.4. The molecule has 2 rings (SSSR count). The third kappa shape index (κ3) is 3.23. The van der Waals surface area contributed by atoms with Gasteiger partial charge in [-0.3, -0.25) is 0 Å². The lowest BCUT2D eigenvalue weighted by Gasteiger charge is -2.44. The Labute approximate surface area is 119 Å². The second-order valence-electron chi connectivity index (χ2n) is 6.39. The number of carbonyl (C=O) groups excluding carboxylic acids is 1. The fourth-order valence-electron chi connectivity index (χ4n) is 3.19. The number of nitrogens with zero attached hydrogens (tertiary/aromatic N) is 1. The molecule has 2 amide bonds. The summed E-state index contributed by atoms with van der Waals surface area (Å²) in [6.07, 6.45) is 3.48. The van der Waals surface area contributed by atoms with Gasteiger partial charge in [-0.2, -0.15) is 0 Å². The lowest BCUT2D eigenvalue weighted by molar-refractivity contribution is -0.148. The Morgan fingerprint density at radius 3 is 2.70 bits per heavy atom. The molecule has 2 heterocycles. The summed E-state index contributed by atoms with van der Waals surface area (Å²) < 4.78 is 5.34. The molecule has 2 aliphatic rings. The number of carbonyl (C=O) groups is 2. The van der Waals surface area contributed by atoms with Crippen molar-refractivity contribution in [1.82, 2.24) is 10.2 Å². The van der Waals surface area contributed by atoms with Crippen molar-refractivity contribution in [1.29, 1.82) is 0 Å². The van der Waals surface area contributed by atoms with E-state index in [2.05, 4.69) is 5.32 Å². The number of hydrogen-bond donors (Lipinski definition) is 2. The summed E-state index contributed by atoms with van der Waals surface area (Å²) in [5.74, 6) is -0.926. The molecule has 0 radical (unpaired) electrons. The number of aliphatic carboxylic acids is 1. The standard InChI is InChI=1S/C14H24N2O4/c1-14(2)6-4-7-16(11(14)12(17)18)13(19)15-10-5-3-8-20-9-10/h10-11H,3-9H2,1-2H3,(H,15,19)(H,17,18). The van der Waals surface area contributed by atoms with Gasteiger partial charge in [0.25, 0.3) is 0 Å². The lowest BCUT2D eigenvalue weighted by Crippen LogP contribution is -2.60. The minimum Gasteiger partial charge on any atom is -0.480 e. The Hall–Kier alpha value is -1.30. The minimum atomic E-state index is -0.926. The number of amides is 2. The van der Waals surface area contributed by atoms with E-state index in [1.165, 1.54) is 4.90 Å². The average molecular weight is 284 g/mol. The van der Waals surface area contributed by atoms with E-state index in [-0.39, 0.29) is 12.1 Å². The van der Waals surface area contributed by atoms with Crippen molar-refractivity contribution in [2.24, 2.45) is 5.41 Å². The number of piperidine rings is 1. The molecule has 0 aromatic heterocycles. The number of likely N-dealkylation sites (tertiary alicyclic amines) is 1. The molecular formula is C14H24N2O4. The summed E-state index contributed by atoms with van der Waals surface area (Å²) in [7, 11) is 0. The summed E-state index contributed by atoms with van der Waals surface area (Å²) in [6.45, 7) is 5.57. The van der Waals surface area contributed by atoms with Crippen molar-refractivity contribution in [3.05, 3.63) is 0 Å². The van der Waals surface area contributed by atoms with Crippen LogP contribution in [0.15, 0.2) is 0 Å². The van der Waals surface area contributed by atoms with Crippen LogP contribution in [0, 0.1) is 5.41 Å². The maximum absolute atomic E-state index is 12.4. The molecule has 2 fully saturated rings. The van der Waals surface area contributed by atoms with Crippen LogP contribution in [-0.4, -0.2) is 53.8 Å². The average Bonchev–Trinajstić information content (AvgIpc) is 2.37. The number of urea groups is 1. The first-order valence-electron chi connectivity index (χ1n) is 7.29. The minimum absolute atomic E-state index is 0.00395. The number of hydrogen-bond acceptors (Lipinski definition) is 3. The van der Waals surface area contributed by atoms with E-state index in [0.29, 0.717) is 13.2 Å². The molecular weight excluding hydrogens is 260 g/mol. The summed E-state index contributed by atoms with van der Waals surface area (Å²) in [6, 6.07) is -1.04. The van der Waals surface area contributed by atoms with E-state index in [9.17, 15) is 14.7 Å². The molecule has 2 unspecified atom stereocenters. The maximum Gasteiger partial charge on any atom is 0.327 e. The van der Waals surface area contributed by atoms with Gasteiger partial charge in [0.05, 0.1) is 12.6 Å². The molecule has 0 bridgehead atoms. The molecule has 114 valence electrons. The molecule has 2 aliphatic heterocycles. The van der Waals surface area contributed by atoms with Gasteiger partial charge in [0.2, 0.25) is 0 Å². The van der Waals surface area contributed by atoms with Crippen molar-refractivity contribution in [3.63, 3.8) is 0 Å². The van der Waals surface area contributed by atoms with Crippen LogP contribution in [0.4, 0.5) is 4.79 Å². The second kappa shape index (κ2) is 5.99. The number of rotatable bonds is 2. The number of carboxylic acids is 1. The van der Waals surface area contributed by atoms with Gasteiger partial charge in [-0.1, -0.05) is 13.8 Å². The van der Waals surface area contributed by atoms with E-state index < -0.39 is 17.4 Å². The van der Waals surface area contributed by atoms with Crippen LogP contribution < -0.4 is 5.32 Å². The normalized spacial score (nSPS) is 29.8. The van der Waals surface area contributed by atoms with Crippen LogP contribution in [0.3, 0.4) is 0 Å². The van der Waals surface area contributed by atoms with E-state index in [1.54, 1.807) is 0 Å². The Kier molecular flexibility index (Phi) is 4.52. The Morgan fingerprint density at radius 1 is 1.35 bits per heavy atom. The quantitative estimate of drug-likeness (QED) is 0.804. The molecule has 2 N–H and O–H groups in total. The Morgan fingerprint density at radius 2 is 2.10 bits per heavy atom. The van der Waals surface area contributed by atoms with Crippen molar-refractivity contribution in [2.45, 2.75) is 51.6 Å². The van der Waals surface area contributed by atoms with Crippen molar-refractivity contribution in [2.75, 3.05) is 19.8 Å². The van der Waals surface area contributed by atoms with E-state index >= 15 is 0 Å². The van der Waals surface area contributed by atoms with Crippen LogP contribution in [0.1, 0.15) is 39.5 Å². The van der Waals surface area contributed by atoms with Gasteiger partial charge in [0.1, 0.15) is 6.04 Å². The molecule has 0 spiro atoms. The fourth-order valence-corrected chi connectivity index (χ4v) is 3.19. The molecule has 0 saturated carbocycles. The SMILES string of the molecule is CC1(C)CCCN(C(=O)NC2CCCOC2)C1C(=O)O. The number of ether oxygens (including phenoxy) is 1. The highest BCUT2D eigenvalue weighted by atomic mass is 16.5. The van der Waals surface area contributed by atoms with Crippen LogP contribution in [0.5, 0.6) is 0 Å². The van der Waals surface area contributed by atoms with Gasteiger partial charge in [-0.15, -0.1) is 0 Å². The highest BCUT2D eigenvalue weighted by Crippen LogP contribution is 2.35. The van der Waals surface area contributed by atoms with Gasteiger partial charge in [-0.05, 0) is 31.1 Å². The molecule has 6 heteroatoms. The predicted octanol–water partition coefficient (Wildman–Crippen LogP) is 1.45. The van der Waals surface area contributed by atoms with Crippen LogP contribution in [-0.2, 0) is 9.53 Å². The molecule has 2 atom stereocenters. The smallest absolute Gasteiger partial charge is 0.327 e. The van der Waals surface area contributed by atoms with E-state index in [1.807, 2.05) is 13.8 Å². The Bertz CT molecular complexity index is 377. The van der Waals surface area contributed by atoms with E-state index in [4.69, 9.17) is 4.74 Å². The third-order valence-electron chi connectivity index (χ3n) is 4.25. The summed E-state index contributed by atoms with van der Waals surface area (Å²) in [4.78, 5) is 25.4. The van der Waals surface area contributed by atoms with Gasteiger partial charge in [0.15, 0.2) is 0 Å². The zero-order valence-electron chi connectivity index (χ0n) is 12.2. The van der Waals surface area contributed by atoms with Crippen LogP contribution >= 0.6 is 0 Å². The van der Waals surface area contributed by atoms with Gasteiger partial charge in [-0.25, -0.2) is 9.59 Å². The van der Waals surface area contributed by atoms with Gasteiger partial charge < -0.3 is 20.1 Å². The zero-order valence-corrected chi connectivity index (χ0v) is 12.2. The van der Waals surface area contributed by atoms with Crippen molar-refractivity contribution < 1.29 is 19.4 Å². The number of nitrogens with one attached hydrogen (secondary N) is 1. The highest BCUT2D eigenvalue weighted by Gasteiger charge is 2.44. The topological polar surface area (TPSA) is 78.9 Å². The first-order valence-corrected chi connectivity index (χ1v) is 7.29. The zero-order chi connectivity index (χ0) is 14.8. The van der Waals surface area contributed by atoms with Crippen molar-refractivity contribution in [3.8, 4) is 0 Å². The molecule has 0 aromatic carbocycles. The van der Waals surface area contributed by atoms with Crippen LogP contribution in [0.25, 0.3) is 0 Å². The summed E-state index contributed by atoms with van der Waals surface area (Å²) in [5, 5.41) is 12.4.